The molecule has 10 nitrogen and oxygen atoms in total. The largest absolute Gasteiger partial charge is 0.252 e. The molecule has 0 spiro atoms. The Labute approximate surface area is 436 Å². The van der Waals surface area contributed by atoms with Crippen LogP contribution in [-0.2, 0) is 0 Å². The monoisotopic (exact) mass is 972 g/mol. The fourth-order valence-corrected chi connectivity index (χ4v) is 11.0. The lowest BCUT2D eigenvalue weighted by molar-refractivity contribution is 0.754. The second-order valence-corrected chi connectivity index (χ2v) is 19.2. The van der Waals surface area contributed by atoms with E-state index in [4.69, 9.17) is 39.9 Å². The zero-order valence-electron chi connectivity index (χ0n) is 40.6. The van der Waals surface area contributed by atoms with Crippen LogP contribution in [0.5, 0.6) is 0 Å². The van der Waals surface area contributed by atoms with E-state index in [2.05, 4.69) is 119 Å². The van der Waals surface area contributed by atoms with Crippen LogP contribution in [0, 0.1) is 0 Å². The summed E-state index contributed by atoms with van der Waals surface area (Å²) in [7, 11) is 0. The van der Waals surface area contributed by atoms with Crippen LogP contribution in [0.3, 0.4) is 0 Å². The van der Waals surface area contributed by atoms with Crippen molar-refractivity contribution in [3.05, 3.63) is 264 Å². The Kier molecular flexibility index (Phi) is 10.1. The van der Waals surface area contributed by atoms with Crippen molar-refractivity contribution in [1.29, 1.82) is 0 Å². The molecule has 0 amide bonds. The third kappa shape index (κ3) is 7.50. The quantitative estimate of drug-likeness (QED) is 0.145. The first-order valence-electron chi connectivity index (χ1n) is 25.3. The van der Waals surface area contributed by atoms with E-state index >= 15 is 0 Å². The highest BCUT2D eigenvalue weighted by Gasteiger charge is 2.41. The van der Waals surface area contributed by atoms with Gasteiger partial charge in [-0.3, -0.25) is 9.97 Å². The van der Waals surface area contributed by atoms with Crippen LogP contribution >= 0.6 is 0 Å². The predicted octanol–water partition coefficient (Wildman–Crippen LogP) is 14.3. The summed E-state index contributed by atoms with van der Waals surface area (Å²) in [5.74, 6) is 3.59. The third-order valence-corrected chi connectivity index (χ3v) is 14.7. The summed E-state index contributed by atoms with van der Waals surface area (Å²) in [5, 5.41) is 0. The zero-order chi connectivity index (χ0) is 50.1. The Bertz CT molecular complexity index is 4130. The average Bonchev–Trinajstić information content (AvgIpc) is 3.58. The average molecular weight is 973 g/mol. The van der Waals surface area contributed by atoms with E-state index in [1.807, 2.05) is 122 Å². The molecule has 2 bridgehead atoms. The normalized spacial score (nSPS) is 14.1. The summed E-state index contributed by atoms with van der Waals surface area (Å²) in [4.78, 5) is 49.9. The van der Waals surface area contributed by atoms with Crippen LogP contribution in [0.15, 0.2) is 231 Å². The second-order valence-electron chi connectivity index (χ2n) is 19.2. The molecule has 13 aromatic rings. The number of para-hydroxylation sites is 4. The zero-order valence-corrected chi connectivity index (χ0v) is 40.6. The first-order valence-corrected chi connectivity index (χ1v) is 25.3. The molecule has 76 heavy (non-hydrogen) atoms. The van der Waals surface area contributed by atoms with Crippen LogP contribution in [-0.4, -0.2) is 49.8 Å². The number of rotatable bonds is 8. The number of fused-ring (bicyclic) bond motifs is 2. The standard InChI is InChI=1S/C66H40N10/c1-3-13-41(14-4-1)61-71-63(43-27-23-39(24-28-43)57-37-67-53-19-9-11-21-55(53)69-57)75-65(73-61)45-31-33-49-51(35-45)59-47-17-7-8-18-48(47)60(49)52-36-46(32-34-50(52)59)66-74-62(42-15-5-2-6-16-42)72-64(76-66)44-29-25-40(26-30-44)58-38-68-54-20-10-12-22-56(54)70-58/h1-38,59-60H. The van der Waals surface area contributed by atoms with E-state index in [9.17, 15) is 0 Å². The Morgan fingerprint density at radius 1 is 0.211 bits per heavy atom. The maximum Gasteiger partial charge on any atom is 0.164 e. The topological polar surface area (TPSA) is 129 Å². The first-order chi connectivity index (χ1) is 37.6. The Morgan fingerprint density at radius 2 is 0.500 bits per heavy atom. The van der Waals surface area contributed by atoms with E-state index in [1.54, 1.807) is 0 Å². The van der Waals surface area contributed by atoms with Crippen molar-refractivity contribution in [3.8, 4) is 90.8 Å². The van der Waals surface area contributed by atoms with Gasteiger partial charge >= 0.3 is 0 Å². The molecule has 9 aromatic carbocycles. The van der Waals surface area contributed by atoms with Gasteiger partial charge in [-0.2, -0.15) is 0 Å². The Hall–Kier alpha value is -10.3. The number of benzene rings is 9. The molecule has 3 aliphatic carbocycles. The van der Waals surface area contributed by atoms with E-state index in [-0.39, 0.29) is 11.8 Å². The van der Waals surface area contributed by atoms with Gasteiger partial charge in [-0.1, -0.05) is 182 Å². The summed E-state index contributed by atoms with van der Waals surface area (Å²) in [6, 6.07) is 74.8. The van der Waals surface area contributed by atoms with E-state index in [0.717, 1.165) is 78.0 Å². The minimum Gasteiger partial charge on any atom is -0.252 e. The van der Waals surface area contributed by atoms with Crippen molar-refractivity contribution in [1.82, 2.24) is 49.8 Å². The van der Waals surface area contributed by atoms with Crippen LogP contribution in [0.2, 0.25) is 0 Å². The molecule has 10 heteroatoms. The summed E-state index contributed by atoms with van der Waals surface area (Å²) in [5.41, 5.74) is 20.0. The predicted molar refractivity (Wildman–Crippen MR) is 298 cm³/mol. The van der Waals surface area contributed by atoms with Crippen molar-refractivity contribution in [2.75, 3.05) is 0 Å². The van der Waals surface area contributed by atoms with Gasteiger partial charge in [0.05, 0.1) is 45.8 Å². The van der Waals surface area contributed by atoms with Crippen LogP contribution in [0.4, 0.5) is 0 Å². The maximum atomic E-state index is 5.20. The molecule has 2 unspecified atom stereocenters. The lowest BCUT2D eigenvalue weighted by Crippen LogP contribution is -2.27. The maximum absolute atomic E-state index is 5.20. The van der Waals surface area contributed by atoms with Crippen LogP contribution in [0.1, 0.15) is 45.2 Å². The smallest absolute Gasteiger partial charge is 0.164 e. The van der Waals surface area contributed by atoms with E-state index < -0.39 is 0 Å². The summed E-state index contributed by atoms with van der Waals surface area (Å²) >= 11 is 0. The second kappa shape index (κ2) is 17.7. The van der Waals surface area contributed by atoms with Crippen molar-refractivity contribution in [3.63, 3.8) is 0 Å². The summed E-state index contributed by atoms with van der Waals surface area (Å²) < 4.78 is 0. The molecule has 0 radical (unpaired) electrons. The highest BCUT2D eigenvalue weighted by molar-refractivity contribution is 5.80. The van der Waals surface area contributed by atoms with E-state index in [1.165, 1.54) is 33.4 Å². The van der Waals surface area contributed by atoms with Crippen LogP contribution < -0.4 is 0 Å². The lowest BCUT2D eigenvalue weighted by Gasteiger charge is -2.42. The van der Waals surface area contributed by atoms with Gasteiger partial charge in [0.25, 0.3) is 0 Å². The molecule has 0 N–H and O–H groups in total. The van der Waals surface area contributed by atoms with E-state index in [0.29, 0.717) is 34.9 Å². The minimum atomic E-state index is -0.0135. The van der Waals surface area contributed by atoms with Gasteiger partial charge in [-0.25, -0.2) is 39.9 Å². The molecule has 4 heterocycles. The number of aromatic nitrogens is 10. The van der Waals surface area contributed by atoms with Gasteiger partial charge in [0.15, 0.2) is 34.9 Å². The number of hydrogen-bond acceptors (Lipinski definition) is 10. The Balaban J connectivity index is 0.801. The summed E-state index contributed by atoms with van der Waals surface area (Å²) in [6.45, 7) is 0. The highest BCUT2D eigenvalue weighted by Crippen LogP contribution is 2.56. The van der Waals surface area contributed by atoms with Crippen molar-refractivity contribution in [2.24, 2.45) is 0 Å². The van der Waals surface area contributed by atoms with Gasteiger partial charge < -0.3 is 0 Å². The number of nitrogens with zero attached hydrogens (tertiary/aromatic N) is 10. The fraction of sp³-hybridized carbons (Fsp3) is 0.0303. The number of hydrogen-bond donors (Lipinski definition) is 0. The van der Waals surface area contributed by atoms with Gasteiger partial charge in [0.2, 0.25) is 0 Å². The molecule has 0 saturated carbocycles. The van der Waals surface area contributed by atoms with Gasteiger partial charge in [0.1, 0.15) is 0 Å². The molecule has 3 aliphatic rings. The molecule has 0 saturated heterocycles. The van der Waals surface area contributed by atoms with Crippen molar-refractivity contribution < 1.29 is 0 Å². The molecule has 4 aromatic heterocycles. The molecule has 0 aliphatic heterocycles. The Morgan fingerprint density at radius 3 is 0.895 bits per heavy atom. The van der Waals surface area contributed by atoms with Crippen LogP contribution in [0.25, 0.3) is 113 Å². The lowest BCUT2D eigenvalue weighted by atomic mass is 9.61. The fourth-order valence-electron chi connectivity index (χ4n) is 11.0. The highest BCUT2D eigenvalue weighted by atomic mass is 15.0. The molecule has 16 rings (SSSR count). The molecular formula is C66H40N10. The van der Waals surface area contributed by atoms with Crippen molar-refractivity contribution >= 4 is 22.1 Å². The SMILES string of the molecule is c1ccc(-c2nc(-c3ccc(-c4cnc5ccccc5n4)cc3)nc(-c3ccc4c(c3)C3c5ccccc5C4c4cc(-c5nc(-c6ccccc6)nc(-c6ccc(-c7cnc8ccccc8n7)cc6)n5)ccc43)n2)cc1. The van der Waals surface area contributed by atoms with Crippen molar-refractivity contribution in [2.45, 2.75) is 11.8 Å². The first kappa shape index (κ1) is 43.3. The minimum absolute atomic E-state index is 0.0135. The van der Waals surface area contributed by atoms with Gasteiger partial charge in [0, 0.05) is 56.3 Å². The molecular weight excluding hydrogens is 933 g/mol. The molecule has 2 atom stereocenters. The van der Waals surface area contributed by atoms with Gasteiger partial charge in [-0.15, -0.1) is 0 Å². The van der Waals surface area contributed by atoms with Gasteiger partial charge in [-0.05, 0) is 69.8 Å². The third-order valence-electron chi connectivity index (χ3n) is 14.7. The summed E-state index contributed by atoms with van der Waals surface area (Å²) in [6.07, 6.45) is 3.64. The molecule has 354 valence electrons. The molecule has 0 fully saturated rings.